The molecule has 19 heavy (non-hydrogen) atoms. The lowest BCUT2D eigenvalue weighted by Gasteiger charge is -2.17. The van der Waals surface area contributed by atoms with Gasteiger partial charge in [-0.05, 0) is 42.3 Å². The van der Waals surface area contributed by atoms with Crippen LogP contribution >= 0.6 is 15.9 Å². The zero-order valence-corrected chi connectivity index (χ0v) is 13.2. The van der Waals surface area contributed by atoms with Crippen LogP contribution in [-0.2, 0) is 6.54 Å². The highest BCUT2D eigenvalue weighted by Gasteiger charge is 2.02. The van der Waals surface area contributed by atoms with Crippen LogP contribution < -0.4 is 10.2 Å². The lowest BCUT2D eigenvalue weighted by Crippen LogP contribution is -2.10. The van der Waals surface area contributed by atoms with Crippen molar-refractivity contribution in [3.63, 3.8) is 0 Å². The first kappa shape index (κ1) is 13.9. The van der Waals surface area contributed by atoms with Crippen LogP contribution in [0.3, 0.4) is 0 Å². The highest BCUT2D eigenvalue weighted by atomic mass is 79.9. The summed E-state index contributed by atoms with van der Waals surface area (Å²) in [7, 11) is 4.14. The topological polar surface area (TPSA) is 15.3 Å². The molecule has 2 aromatic rings. The van der Waals surface area contributed by atoms with Crippen LogP contribution in [0.1, 0.15) is 11.1 Å². The van der Waals surface area contributed by atoms with Crippen LogP contribution in [0.25, 0.3) is 0 Å². The van der Waals surface area contributed by atoms with Gasteiger partial charge in [-0.2, -0.15) is 0 Å². The van der Waals surface area contributed by atoms with Gasteiger partial charge in [-0.25, -0.2) is 0 Å². The molecule has 0 aromatic heterocycles. The molecule has 0 amide bonds. The number of nitrogens with one attached hydrogen (secondary N) is 1. The van der Waals surface area contributed by atoms with Gasteiger partial charge in [0.25, 0.3) is 0 Å². The summed E-state index contributed by atoms with van der Waals surface area (Å²) in [6.07, 6.45) is 0. The van der Waals surface area contributed by atoms with Crippen molar-refractivity contribution in [1.82, 2.24) is 0 Å². The molecule has 0 radical (unpaired) electrons. The fourth-order valence-corrected chi connectivity index (χ4v) is 2.50. The fraction of sp³-hybridized carbons (Fsp3) is 0.250. The van der Waals surface area contributed by atoms with Crippen LogP contribution in [0, 0.1) is 6.92 Å². The SMILES string of the molecule is Cc1ccc(NCc2cccc(Br)c2)cc1N(C)C. The van der Waals surface area contributed by atoms with Gasteiger partial charge in [0.1, 0.15) is 0 Å². The minimum Gasteiger partial charge on any atom is -0.381 e. The molecule has 0 aliphatic heterocycles. The molecule has 0 atom stereocenters. The van der Waals surface area contributed by atoms with Crippen molar-refractivity contribution in [3.05, 3.63) is 58.1 Å². The van der Waals surface area contributed by atoms with Crippen molar-refractivity contribution in [2.45, 2.75) is 13.5 Å². The van der Waals surface area contributed by atoms with E-state index in [2.05, 4.69) is 83.6 Å². The van der Waals surface area contributed by atoms with Gasteiger partial charge in [0.15, 0.2) is 0 Å². The number of hydrogen-bond donors (Lipinski definition) is 1. The number of hydrogen-bond acceptors (Lipinski definition) is 2. The molecule has 0 saturated heterocycles. The lowest BCUT2D eigenvalue weighted by molar-refractivity contribution is 1.10. The molecular formula is C16H19BrN2. The van der Waals surface area contributed by atoms with E-state index >= 15 is 0 Å². The average Bonchev–Trinajstić information content (AvgIpc) is 2.37. The second kappa shape index (κ2) is 6.11. The molecule has 100 valence electrons. The summed E-state index contributed by atoms with van der Waals surface area (Å²) in [4.78, 5) is 2.14. The molecule has 1 N–H and O–H groups in total. The normalized spacial score (nSPS) is 10.3. The summed E-state index contributed by atoms with van der Waals surface area (Å²) in [5, 5.41) is 3.46. The highest BCUT2D eigenvalue weighted by Crippen LogP contribution is 2.23. The van der Waals surface area contributed by atoms with Crippen molar-refractivity contribution in [3.8, 4) is 0 Å². The standard InChI is InChI=1S/C16H19BrN2/c1-12-7-8-15(10-16(12)19(2)3)18-11-13-5-4-6-14(17)9-13/h4-10,18H,11H2,1-3H3. The lowest BCUT2D eigenvalue weighted by atomic mass is 10.1. The van der Waals surface area contributed by atoms with Crippen molar-refractivity contribution in [2.24, 2.45) is 0 Å². The molecule has 0 heterocycles. The molecule has 2 nitrogen and oxygen atoms in total. The van der Waals surface area contributed by atoms with E-state index in [1.807, 2.05) is 6.07 Å². The third-order valence-electron chi connectivity index (χ3n) is 3.08. The first-order chi connectivity index (χ1) is 9.06. The Hall–Kier alpha value is -1.48. The summed E-state index contributed by atoms with van der Waals surface area (Å²) in [6, 6.07) is 14.8. The zero-order valence-electron chi connectivity index (χ0n) is 11.6. The Kier molecular flexibility index (Phi) is 4.48. The third-order valence-corrected chi connectivity index (χ3v) is 3.57. The van der Waals surface area contributed by atoms with Gasteiger partial charge in [0.2, 0.25) is 0 Å². The van der Waals surface area contributed by atoms with Crippen LogP contribution in [0.4, 0.5) is 11.4 Å². The van der Waals surface area contributed by atoms with E-state index in [-0.39, 0.29) is 0 Å². The minimum absolute atomic E-state index is 0.829. The average molecular weight is 319 g/mol. The molecule has 0 spiro atoms. The predicted octanol–water partition coefficient (Wildman–Crippen LogP) is 4.44. The second-order valence-corrected chi connectivity index (χ2v) is 5.79. The van der Waals surface area contributed by atoms with E-state index in [0.29, 0.717) is 0 Å². The van der Waals surface area contributed by atoms with E-state index in [0.717, 1.165) is 16.7 Å². The van der Waals surface area contributed by atoms with E-state index in [1.165, 1.54) is 16.8 Å². The van der Waals surface area contributed by atoms with E-state index < -0.39 is 0 Å². The number of nitrogens with zero attached hydrogens (tertiary/aromatic N) is 1. The van der Waals surface area contributed by atoms with Crippen LogP contribution in [-0.4, -0.2) is 14.1 Å². The van der Waals surface area contributed by atoms with Gasteiger partial charge >= 0.3 is 0 Å². The quantitative estimate of drug-likeness (QED) is 0.896. The zero-order chi connectivity index (χ0) is 13.8. The maximum absolute atomic E-state index is 3.49. The number of benzene rings is 2. The molecule has 2 rings (SSSR count). The second-order valence-electron chi connectivity index (χ2n) is 4.88. The predicted molar refractivity (Wildman–Crippen MR) is 87.0 cm³/mol. The summed E-state index contributed by atoms with van der Waals surface area (Å²) < 4.78 is 1.12. The fourth-order valence-electron chi connectivity index (χ4n) is 2.05. The Morgan fingerprint density at radius 2 is 1.89 bits per heavy atom. The van der Waals surface area contributed by atoms with Crippen molar-refractivity contribution in [2.75, 3.05) is 24.3 Å². The number of anilines is 2. The Balaban J connectivity index is 2.09. The Morgan fingerprint density at radius 3 is 2.58 bits per heavy atom. The van der Waals surface area contributed by atoms with E-state index in [4.69, 9.17) is 0 Å². The largest absolute Gasteiger partial charge is 0.381 e. The van der Waals surface area contributed by atoms with Crippen LogP contribution in [0.2, 0.25) is 0 Å². The molecule has 0 fully saturated rings. The monoisotopic (exact) mass is 318 g/mol. The third kappa shape index (κ3) is 3.74. The highest BCUT2D eigenvalue weighted by molar-refractivity contribution is 9.10. The first-order valence-corrected chi connectivity index (χ1v) is 7.12. The van der Waals surface area contributed by atoms with E-state index in [9.17, 15) is 0 Å². The van der Waals surface area contributed by atoms with Crippen LogP contribution in [0.15, 0.2) is 46.9 Å². The van der Waals surface area contributed by atoms with Gasteiger partial charge in [0, 0.05) is 36.5 Å². The molecule has 0 unspecified atom stereocenters. The number of aryl methyl sites for hydroxylation is 1. The Bertz CT molecular complexity index is 564. The summed E-state index contributed by atoms with van der Waals surface area (Å²) >= 11 is 3.49. The first-order valence-electron chi connectivity index (χ1n) is 6.32. The van der Waals surface area contributed by atoms with Gasteiger partial charge in [-0.3, -0.25) is 0 Å². The smallest absolute Gasteiger partial charge is 0.0411 e. The van der Waals surface area contributed by atoms with Gasteiger partial charge in [0.05, 0.1) is 0 Å². The van der Waals surface area contributed by atoms with Crippen molar-refractivity contribution >= 4 is 27.3 Å². The summed E-state index contributed by atoms with van der Waals surface area (Å²) in [6.45, 7) is 2.96. The summed E-state index contributed by atoms with van der Waals surface area (Å²) in [5.41, 5.74) is 4.95. The summed E-state index contributed by atoms with van der Waals surface area (Å²) in [5.74, 6) is 0. The maximum atomic E-state index is 3.49. The molecule has 0 aliphatic rings. The number of halogens is 1. The van der Waals surface area contributed by atoms with Crippen LogP contribution in [0.5, 0.6) is 0 Å². The Morgan fingerprint density at radius 1 is 1.11 bits per heavy atom. The van der Waals surface area contributed by atoms with Crippen molar-refractivity contribution in [1.29, 1.82) is 0 Å². The molecule has 0 bridgehead atoms. The van der Waals surface area contributed by atoms with E-state index in [1.54, 1.807) is 0 Å². The maximum Gasteiger partial charge on any atom is 0.0411 e. The number of rotatable bonds is 4. The molecule has 3 heteroatoms. The van der Waals surface area contributed by atoms with Gasteiger partial charge in [-0.1, -0.05) is 34.1 Å². The molecule has 2 aromatic carbocycles. The Labute approximate surface area is 123 Å². The molecule has 0 saturated carbocycles. The van der Waals surface area contributed by atoms with Crippen molar-refractivity contribution < 1.29 is 0 Å². The van der Waals surface area contributed by atoms with Gasteiger partial charge < -0.3 is 10.2 Å². The van der Waals surface area contributed by atoms with Gasteiger partial charge in [-0.15, -0.1) is 0 Å². The minimum atomic E-state index is 0.829. The molecule has 0 aliphatic carbocycles. The molecular weight excluding hydrogens is 300 g/mol.